The first kappa shape index (κ1) is 15.4. The first-order valence-electron chi connectivity index (χ1n) is 6.89. The highest BCUT2D eigenvalue weighted by Gasteiger charge is 2.28. The lowest BCUT2D eigenvalue weighted by atomic mass is 10.0. The summed E-state index contributed by atoms with van der Waals surface area (Å²) in [6.45, 7) is 1.61. The van der Waals surface area contributed by atoms with Crippen LogP contribution in [0.15, 0.2) is 60.7 Å². The van der Waals surface area contributed by atoms with Crippen molar-refractivity contribution in [2.24, 2.45) is 0 Å². The molecule has 0 N–H and O–H groups in total. The number of hydrogen-bond acceptors (Lipinski definition) is 3. The highest BCUT2D eigenvalue weighted by atomic mass is 32.2. The molecule has 0 aliphatic rings. The molecule has 2 aromatic rings. The van der Waals surface area contributed by atoms with Gasteiger partial charge in [0.15, 0.2) is 15.6 Å². The van der Waals surface area contributed by atoms with Gasteiger partial charge in [-0.15, -0.1) is 0 Å². The molecule has 0 heterocycles. The number of sulfone groups is 1. The molecule has 0 aromatic heterocycles. The molecule has 0 fully saturated rings. The van der Waals surface area contributed by atoms with E-state index in [4.69, 9.17) is 0 Å². The molecule has 0 aliphatic carbocycles. The second-order valence-corrected chi connectivity index (χ2v) is 7.32. The molecule has 4 heteroatoms. The molecule has 0 radical (unpaired) electrons. The summed E-state index contributed by atoms with van der Waals surface area (Å²) < 4.78 is 24.6. The van der Waals surface area contributed by atoms with Crippen LogP contribution in [0.2, 0.25) is 0 Å². The molecule has 2 rings (SSSR count). The monoisotopic (exact) mass is 302 g/mol. The van der Waals surface area contributed by atoms with Gasteiger partial charge in [-0.3, -0.25) is 4.79 Å². The molecule has 0 bridgehead atoms. The van der Waals surface area contributed by atoms with Gasteiger partial charge in [0.2, 0.25) is 0 Å². The smallest absolute Gasteiger partial charge is 0.164 e. The number of benzene rings is 2. The van der Waals surface area contributed by atoms with E-state index in [0.717, 1.165) is 0 Å². The zero-order chi connectivity index (χ0) is 15.3. The minimum absolute atomic E-state index is 0.0225. The summed E-state index contributed by atoms with van der Waals surface area (Å²) in [6, 6.07) is 17.7. The van der Waals surface area contributed by atoms with Gasteiger partial charge in [-0.2, -0.15) is 0 Å². The molecule has 0 spiro atoms. The lowest BCUT2D eigenvalue weighted by molar-refractivity contribution is 0.0981. The minimum atomic E-state index is -3.34. The van der Waals surface area contributed by atoms with Gasteiger partial charge in [-0.25, -0.2) is 8.42 Å². The average Bonchev–Trinajstić information content (AvgIpc) is 2.54. The van der Waals surface area contributed by atoms with Gasteiger partial charge >= 0.3 is 0 Å². The van der Waals surface area contributed by atoms with Crippen LogP contribution in [-0.2, 0) is 9.84 Å². The Labute approximate surface area is 125 Å². The van der Waals surface area contributed by atoms with E-state index in [1.54, 1.807) is 55.5 Å². The quantitative estimate of drug-likeness (QED) is 0.768. The molecular weight excluding hydrogens is 284 g/mol. The topological polar surface area (TPSA) is 51.2 Å². The molecule has 1 atom stereocenters. The first-order valence-corrected chi connectivity index (χ1v) is 8.61. The van der Waals surface area contributed by atoms with Crippen molar-refractivity contribution in [3.8, 4) is 0 Å². The van der Waals surface area contributed by atoms with E-state index in [0.29, 0.717) is 11.1 Å². The Balaban J connectivity index is 2.32. The van der Waals surface area contributed by atoms with E-state index in [9.17, 15) is 13.2 Å². The van der Waals surface area contributed by atoms with Crippen molar-refractivity contribution in [3.05, 3.63) is 71.8 Å². The first-order chi connectivity index (χ1) is 10.0. The number of rotatable bonds is 6. The van der Waals surface area contributed by atoms with Crippen LogP contribution >= 0.6 is 0 Å². The number of ketones is 1. The van der Waals surface area contributed by atoms with Gasteiger partial charge in [0.1, 0.15) is 0 Å². The van der Waals surface area contributed by atoms with Gasteiger partial charge in [0, 0.05) is 17.7 Å². The fourth-order valence-corrected chi connectivity index (χ4v) is 3.61. The molecule has 1 unspecified atom stereocenters. The lowest BCUT2D eigenvalue weighted by Crippen LogP contribution is -2.19. The van der Waals surface area contributed by atoms with E-state index >= 15 is 0 Å². The summed E-state index contributed by atoms with van der Waals surface area (Å²) in [4.78, 5) is 12.3. The van der Waals surface area contributed by atoms with Crippen LogP contribution in [0.1, 0.15) is 34.5 Å². The number of carbonyl (C=O) groups excluding carboxylic acids is 1. The third-order valence-electron chi connectivity index (χ3n) is 3.47. The Bertz CT molecular complexity index is 691. The second-order valence-electron chi connectivity index (χ2n) is 4.84. The molecular formula is C17H18O3S. The third-order valence-corrected chi connectivity index (χ3v) is 5.58. The van der Waals surface area contributed by atoms with Crippen molar-refractivity contribution in [1.29, 1.82) is 0 Å². The third kappa shape index (κ3) is 3.79. The Morgan fingerprint density at radius 3 is 2.00 bits per heavy atom. The van der Waals surface area contributed by atoms with E-state index in [-0.39, 0.29) is 18.0 Å². The molecule has 0 saturated carbocycles. The van der Waals surface area contributed by atoms with Crippen LogP contribution < -0.4 is 0 Å². The zero-order valence-corrected chi connectivity index (χ0v) is 12.7. The van der Waals surface area contributed by atoms with Crippen LogP contribution in [0.4, 0.5) is 0 Å². The number of Topliss-reactive ketones (excluding diaryl/α,β-unsaturated/α-hetero) is 1. The highest BCUT2D eigenvalue weighted by molar-refractivity contribution is 7.91. The predicted molar refractivity (Wildman–Crippen MR) is 84.0 cm³/mol. The van der Waals surface area contributed by atoms with Crippen molar-refractivity contribution >= 4 is 15.6 Å². The summed E-state index contributed by atoms with van der Waals surface area (Å²) >= 11 is 0. The Hall–Kier alpha value is -1.94. The summed E-state index contributed by atoms with van der Waals surface area (Å²) in [5.41, 5.74) is 1.22. The van der Waals surface area contributed by atoms with Crippen LogP contribution in [0.25, 0.3) is 0 Å². The van der Waals surface area contributed by atoms with Crippen LogP contribution in [0, 0.1) is 0 Å². The van der Waals surface area contributed by atoms with Gasteiger partial charge in [0.25, 0.3) is 0 Å². The van der Waals surface area contributed by atoms with Crippen molar-refractivity contribution in [3.63, 3.8) is 0 Å². The molecule has 0 saturated heterocycles. The predicted octanol–water partition coefficient (Wildman–Crippen LogP) is 3.44. The maximum Gasteiger partial charge on any atom is 0.164 e. The fraction of sp³-hybridized carbons (Fsp3) is 0.235. The van der Waals surface area contributed by atoms with Crippen molar-refractivity contribution in [2.75, 3.05) is 5.75 Å². The van der Waals surface area contributed by atoms with E-state index in [1.165, 1.54) is 0 Å². The number of carbonyl (C=O) groups is 1. The Morgan fingerprint density at radius 2 is 1.48 bits per heavy atom. The summed E-state index contributed by atoms with van der Waals surface area (Å²) in [7, 11) is -3.34. The molecule has 0 amide bonds. The zero-order valence-electron chi connectivity index (χ0n) is 11.9. The highest BCUT2D eigenvalue weighted by Crippen LogP contribution is 2.28. The van der Waals surface area contributed by atoms with Gasteiger partial charge in [-0.05, 0) is 5.56 Å². The summed E-state index contributed by atoms with van der Waals surface area (Å²) in [6.07, 6.45) is -0.0236. The minimum Gasteiger partial charge on any atom is -0.294 e. The normalized spacial score (nSPS) is 12.8. The molecule has 2 aromatic carbocycles. The SMILES string of the molecule is CCS(=O)(=O)C(CC(=O)c1ccccc1)c1ccccc1. The molecule has 110 valence electrons. The lowest BCUT2D eigenvalue weighted by Gasteiger charge is -2.16. The van der Waals surface area contributed by atoms with Gasteiger partial charge in [0.05, 0.1) is 5.25 Å². The fourth-order valence-electron chi connectivity index (χ4n) is 2.23. The maximum atomic E-state index is 12.3. The van der Waals surface area contributed by atoms with Gasteiger partial charge in [-0.1, -0.05) is 67.6 Å². The summed E-state index contributed by atoms with van der Waals surface area (Å²) in [5.74, 6) is -0.129. The average molecular weight is 302 g/mol. The second kappa shape index (κ2) is 6.68. The van der Waals surface area contributed by atoms with Gasteiger partial charge < -0.3 is 0 Å². The van der Waals surface area contributed by atoms with E-state index in [1.807, 2.05) is 12.1 Å². The van der Waals surface area contributed by atoms with E-state index < -0.39 is 15.1 Å². The summed E-state index contributed by atoms with van der Waals surface area (Å²) in [5, 5.41) is -0.781. The Morgan fingerprint density at radius 1 is 0.952 bits per heavy atom. The standard InChI is InChI=1S/C17H18O3S/c1-2-21(19,20)17(15-11-7-4-8-12-15)13-16(18)14-9-5-3-6-10-14/h3-12,17H,2,13H2,1H3. The molecule has 0 aliphatic heterocycles. The molecule has 3 nitrogen and oxygen atoms in total. The maximum absolute atomic E-state index is 12.3. The Kier molecular flexibility index (Phi) is 4.91. The van der Waals surface area contributed by atoms with Crippen molar-refractivity contribution in [1.82, 2.24) is 0 Å². The van der Waals surface area contributed by atoms with Crippen LogP contribution in [0.3, 0.4) is 0 Å². The van der Waals surface area contributed by atoms with Crippen LogP contribution in [0.5, 0.6) is 0 Å². The van der Waals surface area contributed by atoms with Crippen molar-refractivity contribution < 1.29 is 13.2 Å². The van der Waals surface area contributed by atoms with Crippen molar-refractivity contribution in [2.45, 2.75) is 18.6 Å². The molecule has 21 heavy (non-hydrogen) atoms. The number of hydrogen-bond donors (Lipinski definition) is 0. The van der Waals surface area contributed by atoms with E-state index in [2.05, 4.69) is 0 Å². The largest absolute Gasteiger partial charge is 0.294 e. The van der Waals surface area contributed by atoms with Crippen LogP contribution in [-0.4, -0.2) is 20.0 Å².